The van der Waals surface area contributed by atoms with Gasteiger partial charge in [-0.15, -0.1) is 0 Å². The third kappa shape index (κ3) is 6.31. The van der Waals surface area contributed by atoms with Gasteiger partial charge in [0.1, 0.15) is 0 Å². The zero-order valence-corrected chi connectivity index (χ0v) is 15.9. The highest BCUT2D eigenvalue weighted by atomic mass is 16.8. The molecule has 4 N–H and O–H groups in total. The molecule has 1 amide bonds. The zero-order valence-electron chi connectivity index (χ0n) is 15.9. The number of hydrogen-bond acceptors (Lipinski definition) is 5. The Morgan fingerprint density at radius 1 is 0.962 bits per heavy atom. The van der Waals surface area contributed by atoms with Crippen LogP contribution in [0.4, 0.5) is 11.4 Å². The number of carbonyl (C=O) groups is 1. The Balaban J connectivity index is 3.14. The molecule has 0 heterocycles. The van der Waals surface area contributed by atoms with Gasteiger partial charge in [0.15, 0.2) is 11.4 Å². The summed E-state index contributed by atoms with van der Waals surface area (Å²) in [7, 11) is 0. The summed E-state index contributed by atoms with van der Waals surface area (Å²) in [6.07, 6.45) is 5.83. The Morgan fingerprint density at radius 3 is 1.73 bits per heavy atom. The Hall–Kier alpha value is -1.55. The molecular weight excluding hydrogens is 338 g/mol. The highest BCUT2D eigenvalue weighted by Crippen LogP contribution is 2.22. The summed E-state index contributed by atoms with van der Waals surface area (Å²) >= 11 is 0. The molecule has 0 spiro atoms. The van der Waals surface area contributed by atoms with Gasteiger partial charge in [0.05, 0.1) is 11.1 Å². The van der Waals surface area contributed by atoms with E-state index in [1.807, 2.05) is 0 Å². The molecule has 0 saturated carbocycles. The van der Waals surface area contributed by atoms with Crippen molar-refractivity contribution in [3.05, 3.63) is 33.7 Å². The second-order valence-corrected chi connectivity index (χ2v) is 6.51. The number of quaternary nitrogens is 2. The third-order valence-electron chi connectivity index (χ3n) is 4.47. The van der Waals surface area contributed by atoms with Crippen LogP contribution in [0.2, 0.25) is 0 Å². The van der Waals surface area contributed by atoms with E-state index < -0.39 is 10.5 Å². The van der Waals surface area contributed by atoms with Crippen LogP contribution in [0.25, 0.3) is 0 Å². The lowest BCUT2D eigenvalue weighted by atomic mass is 10.1. The van der Waals surface area contributed by atoms with Gasteiger partial charge >= 0.3 is 0 Å². The fourth-order valence-electron chi connectivity index (χ4n) is 2.88. The van der Waals surface area contributed by atoms with Gasteiger partial charge in [-0.3, -0.25) is 4.79 Å². The molecule has 0 aromatic heterocycles. The maximum absolute atomic E-state index is 12.9. The smallest absolute Gasteiger partial charge is 0.254 e. The predicted molar refractivity (Wildman–Crippen MR) is 97.7 cm³/mol. The molecular formula is C18H31N3O5. The average Bonchev–Trinajstić information content (AvgIpc) is 2.59. The van der Waals surface area contributed by atoms with Crippen molar-refractivity contribution >= 4 is 17.3 Å². The van der Waals surface area contributed by atoms with E-state index >= 15 is 0 Å². The Bertz CT molecular complexity index is 539. The molecule has 0 saturated heterocycles. The minimum Gasteiger partial charge on any atom is -0.595 e. The molecule has 0 aliphatic heterocycles. The number of benzene rings is 1. The van der Waals surface area contributed by atoms with Crippen LogP contribution < -0.4 is 10.5 Å². The molecule has 1 aromatic carbocycles. The topological polar surface area (TPSA) is 116 Å². The molecule has 0 bridgehead atoms. The maximum atomic E-state index is 12.9. The van der Waals surface area contributed by atoms with Crippen LogP contribution in [0, 0.1) is 17.3 Å². The van der Waals surface area contributed by atoms with E-state index in [1.54, 1.807) is 4.90 Å². The summed E-state index contributed by atoms with van der Waals surface area (Å²) in [6, 6.07) is 2.58. The van der Waals surface area contributed by atoms with Crippen molar-refractivity contribution in [1.82, 2.24) is 4.90 Å². The number of hydrogen-bond donors (Lipinski definition) is 4. The predicted octanol–water partition coefficient (Wildman–Crippen LogP) is 1.62. The molecule has 2 atom stereocenters. The van der Waals surface area contributed by atoms with E-state index in [2.05, 4.69) is 13.8 Å². The second-order valence-electron chi connectivity index (χ2n) is 6.51. The highest BCUT2D eigenvalue weighted by molar-refractivity contribution is 5.96. The fraction of sp³-hybridized carbons (Fsp3) is 0.611. The van der Waals surface area contributed by atoms with Gasteiger partial charge in [-0.2, -0.15) is 10.5 Å². The van der Waals surface area contributed by atoms with Crippen LogP contribution in [-0.4, -0.2) is 34.3 Å². The molecule has 0 aliphatic carbocycles. The normalized spacial score (nSPS) is 13.5. The van der Waals surface area contributed by atoms with Gasteiger partial charge in [-0.1, -0.05) is 39.5 Å². The number of unbranched alkanes of at least 4 members (excludes halogenated alkanes) is 4. The van der Waals surface area contributed by atoms with Gasteiger partial charge in [0.25, 0.3) is 5.91 Å². The largest absolute Gasteiger partial charge is 0.595 e. The highest BCUT2D eigenvalue weighted by Gasteiger charge is 2.23. The van der Waals surface area contributed by atoms with Crippen LogP contribution in [0.15, 0.2) is 12.1 Å². The van der Waals surface area contributed by atoms with Gasteiger partial charge in [-0.05, 0) is 19.8 Å². The van der Waals surface area contributed by atoms with Crippen molar-refractivity contribution < 1.29 is 25.7 Å². The van der Waals surface area contributed by atoms with Crippen LogP contribution in [0.3, 0.4) is 0 Å². The molecule has 2 unspecified atom stereocenters. The van der Waals surface area contributed by atoms with E-state index in [4.69, 9.17) is 0 Å². The van der Waals surface area contributed by atoms with Crippen molar-refractivity contribution in [3.63, 3.8) is 0 Å². The van der Waals surface area contributed by atoms with Crippen LogP contribution in [0.5, 0.6) is 0 Å². The molecule has 8 heteroatoms. The molecule has 148 valence electrons. The lowest BCUT2D eigenvalue weighted by Crippen LogP contribution is -3.01. The van der Waals surface area contributed by atoms with Crippen LogP contribution in [-0.2, 0) is 0 Å². The number of carbonyl (C=O) groups excluding carboxylic acids is 1. The first-order valence-electron chi connectivity index (χ1n) is 9.23. The fourth-order valence-corrected chi connectivity index (χ4v) is 2.88. The minimum atomic E-state index is -1.23. The molecule has 1 rings (SSSR count). The van der Waals surface area contributed by atoms with E-state index in [9.17, 15) is 25.6 Å². The summed E-state index contributed by atoms with van der Waals surface area (Å²) < 4.78 is 0. The van der Waals surface area contributed by atoms with Crippen LogP contribution in [0.1, 0.15) is 68.3 Å². The molecule has 26 heavy (non-hydrogen) atoms. The third-order valence-corrected chi connectivity index (χ3v) is 4.47. The summed E-state index contributed by atoms with van der Waals surface area (Å²) in [5, 5.41) is 39.1. The minimum absolute atomic E-state index is 0.124. The number of amides is 1. The lowest BCUT2D eigenvalue weighted by Gasteiger charge is -2.25. The Kier molecular flexibility index (Phi) is 9.71. The Labute approximate surface area is 154 Å². The first-order chi connectivity index (χ1) is 12.3. The van der Waals surface area contributed by atoms with Crippen molar-refractivity contribution in [2.24, 2.45) is 0 Å². The van der Waals surface area contributed by atoms with Gasteiger partial charge in [0, 0.05) is 25.2 Å². The van der Waals surface area contributed by atoms with Crippen molar-refractivity contribution in [1.29, 1.82) is 0 Å². The summed E-state index contributed by atoms with van der Waals surface area (Å²) in [6.45, 7) is 6.80. The lowest BCUT2D eigenvalue weighted by molar-refractivity contribution is -0.996. The molecule has 1 aromatic rings. The van der Waals surface area contributed by atoms with Gasteiger partial charge in [-0.25, -0.2) is 10.4 Å². The monoisotopic (exact) mass is 369 g/mol. The zero-order chi connectivity index (χ0) is 19.7. The average molecular weight is 369 g/mol. The van der Waals surface area contributed by atoms with E-state index in [1.165, 1.54) is 19.1 Å². The van der Waals surface area contributed by atoms with Crippen LogP contribution >= 0.6 is 0 Å². The second kappa shape index (κ2) is 11.2. The first-order valence-corrected chi connectivity index (χ1v) is 9.23. The quantitative estimate of drug-likeness (QED) is 0.349. The number of rotatable bonds is 11. The molecule has 8 nitrogen and oxygen atoms in total. The van der Waals surface area contributed by atoms with Crippen molar-refractivity contribution in [3.8, 4) is 0 Å². The van der Waals surface area contributed by atoms with Gasteiger partial charge < -0.3 is 15.3 Å². The summed E-state index contributed by atoms with van der Waals surface area (Å²) in [5.41, 5.74) is -0.00547. The first kappa shape index (κ1) is 22.5. The van der Waals surface area contributed by atoms with Gasteiger partial charge in [0.2, 0.25) is 0 Å². The van der Waals surface area contributed by atoms with Crippen molar-refractivity contribution in [2.75, 3.05) is 13.1 Å². The Morgan fingerprint density at radius 2 is 1.38 bits per heavy atom. The standard InChI is InChI=1S/C18H31N3O5/c1-4-6-8-10-19(11-9-7-5-2)18(22)15-12-16(20(23)24)14(3)17(13-15)21(25)26/h12-13,20-21,23,25H,4-11H2,1-3H3. The molecule has 0 aliphatic rings. The molecule has 0 fully saturated rings. The number of nitrogens with zero attached hydrogens (tertiary/aromatic N) is 1. The maximum Gasteiger partial charge on any atom is 0.254 e. The summed E-state index contributed by atoms with van der Waals surface area (Å²) in [5.74, 6) is -0.304. The van der Waals surface area contributed by atoms with E-state index in [-0.39, 0.29) is 28.4 Å². The number of nitrogens with one attached hydrogen (secondary N) is 2. The molecule has 0 radical (unpaired) electrons. The van der Waals surface area contributed by atoms with E-state index in [0.717, 1.165) is 38.5 Å². The summed E-state index contributed by atoms with van der Waals surface area (Å²) in [4.78, 5) is 14.6. The van der Waals surface area contributed by atoms with E-state index in [0.29, 0.717) is 13.1 Å². The SMILES string of the molecule is CCCCCN(CCCCC)C(=O)c1cc([NH+]([O-])O)c(C)c([NH+]([O-])O)c1. The van der Waals surface area contributed by atoms with Crippen molar-refractivity contribution in [2.45, 2.75) is 59.3 Å².